The van der Waals surface area contributed by atoms with Gasteiger partial charge in [-0.1, -0.05) is 36.7 Å². The molecule has 1 aromatic heterocycles. The fourth-order valence-electron chi connectivity index (χ4n) is 3.01. The van der Waals surface area contributed by atoms with E-state index in [2.05, 4.69) is 4.98 Å². The molecule has 0 aliphatic carbocycles. The lowest BCUT2D eigenvalue weighted by atomic mass is 10.2. The standard InChI is InChI=1S/C17H21ClN2O4S2/c1-2-3-7-20(13-6-8-26(22,23)11-13)16(21)10-25-17-19-14-5-4-12(18)9-15(14)24-17/h4-5,9,13H,2-3,6-8,10-11H2,1H3. The van der Waals surface area contributed by atoms with E-state index in [1.807, 2.05) is 6.92 Å². The van der Waals surface area contributed by atoms with Gasteiger partial charge in [-0.2, -0.15) is 0 Å². The number of hydrogen-bond acceptors (Lipinski definition) is 6. The topological polar surface area (TPSA) is 80.5 Å². The Morgan fingerprint density at radius 3 is 2.96 bits per heavy atom. The smallest absolute Gasteiger partial charge is 0.257 e. The summed E-state index contributed by atoms with van der Waals surface area (Å²) in [5.41, 5.74) is 1.27. The SMILES string of the molecule is CCCCN(C(=O)CSc1nc2ccc(Cl)cc2o1)C1CCS(=O)(=O)C1. The average Bonchev–Trinajstić information content (AvgIpc) is 3.15. The molecule has 3 rings (SSSR count). The lowest BCUT2D eigenvalue weighted by Crippen LogP contribution is -2.42. The first-order valence-electron chi connectivity index (χ1n) is 8.57. The number of halogens is 1. The average molecular weight is 417 g/mol. The van der Waals surface area contributed by atoms with Crippen LogP contribution < -0.4 is 0 Å². The van der Waals surface area contributed by atoms with Gasteiger partial charge in [0.15, 0.2) is 15.4 Å². The van der Waals surface area contributed by atoms with Crippen LogP contribution in [0.1, 0.15) is 26.2 Å². The molecule has 26 heavy (non-hydrogen) atoms. The van der Waals surface area contributed by atoms with E-state index >= 15 is 0 Å². The van der Waals surface area contributed by atoms with Crippen molar-refractivity contribution in [2.24, 2.45) is 0 Å². The Balaban J connectivity index is 1.66. The Bertz CT molecular complexity index is 897. The normalized spacial score (nSPS) is 19.1. The number of unbranched alkanes of at least 4 members (excludes halogenated alkanes) is 1. The molecule has 142 valence electrons. The maximum absolute atomic E-state index is 12.7. The molecule has 2 heterocycles. The van der Waals surface area contributed by atoms with Crippen molar-refractivity contribution < 1.29 is 17.6 Å². The summed E-state index contributed by atoms with van der Waals surface area (Å²) in [5, 5.41) is 0.972. The van der Waals surface area contributed by atoms with Crippen LogP contribution in [0.5, 0.6) is 0 Å². The first-order chi connectivity index (χ1) is 12.4. The van der Waals surface area contributed by atoms with Crippen LogP contribution in [0.15, 0.2) is 27.8 Å². The molecular weight excluding hydrogens is 396 g/mol. The fraction of sp³-hybridized carbons (Fsp3) is 0.529. The van der Waals surface area contributed by atoms with Gasteiger partial charge in [0, 0.05) is 23.7 Å². The Hall–Kier alpha value is -1.25. The van der Waals surface area contributed by atoms with Crippen LogP contribution in [0.4, 0.5) is 0 Å². The molecule has 1 aliphatic rings. The van der Waals surface area contributed by atoms with E-state index in [-0.39, 0.29) is 29.2 Å². The molecule has 0 spiro atoms. The lowest BCUT2D eigenvalue weighted by molar-refractivity contribution is -0.130. The van der Waals surface area contributed by atoms with Crippen molar-refractivity contribution in [3.63, 3.8) is 0 Å². The minimum atomic E-state index is -3.03. The van der Waals surface area contributed by atoms with Gasteiger partial charge in [0.05, 0.1) is 17.3 Å². The highest BCUT2D eigenvalue weighted by atomic mass is 35.5. The van der Waals surface area contributed by atoms with Crippen molar-refractivity contribution in [2.75, 3.05) is 23.8 Å². The Kier molecular flexibility index (Phi) is 6.14. The molecule has 0 N–H and O–H groups in total. The van der Waals surface area contributed by atoms with E-state index in [9.17, 15) is 13.2 Å². The lowest BCUT2D eigenvalue weighted by Gasteiger charge is -2.28. The van der Waals surface area contributed by atoms with Crippen LogP contribution in [-0.4, -0.2) is 54.1 Å². The van der Waals surface area contributed by atoms with Gasteiger partial charge in [-0.3, -0.25) is 4.79 Å². The monoisotopic (exact) mass is 416 g/mol. The van der Waals surface area contributed by atoms with E-state index in [1.165, 1.54) is 11.8 Å². The van der Waals surface area contributed by atoms with Crippen LogP contribution in [0.3, 0.4) is 0 Å². The van der Waals surface area contributed by atoms with Gasteiger partial charge in [0.25, 0.3) is 5.22 Å². The summed E-state index contributed by atoms with van der Waals surface area (Å²) in [4.78, 5) is 18.8. The quantitative estimate of drug-likeness (QED) is 0.643. The van der Waals surface area contributed by atoms with Gasteiger partial charge >= 0.3 is 0 Å². The third-order valence-corrected chi connectivity index (χ3v) is 7.17. The maximum atomic E-state index is 12.7. The van der Waals surface area contributed by atoms with Crippen LogP contribution in [0.25, 0.3) is 11.1 Å². The molecule has 0 radical (unpaired) electrons. The van der Waals surface area contributed by atoms with Gasteiger partial charge in [0.1, 0.15) is 5.52 Å². The molecule has 1 aromatic carbocycles. The zero-order valence-corrected chi connectivity index (χ0v) is 16.9. The van der Waals surface area contributed by atoms with E-state index in [0.29, 0.717) is 34.3 Å². The summed E-state index contributed by atoms with van der Waals surface area (Å²) < 4.78 is 29.2. The molecule has 1 fully saturated rings. The van der Waals surface area contributed by atoms with E-state index < -0.39 is 9.84 Å². The van der Waals surface area contributed by atoms with Crippen LogP contribution in [0, 0.1) is 0 Å². The van der Waals surface area contributed by atoms with Gasteiger partial charge in [-0.05, 0) is 25.0 Å². The van der Waals surface area contributed by atoms with Gasteiger partial charge < -0.3 is 9.32 Å². The van der Waals surface area contributed by atoms with Gasteiger partial charge in [-0.25, -0.2) is 13.4 Å². The summed E-state index contributed by atoms with van der Waals surface area (Å²) in [6, 6.07) is 4.97. The largest absolute Gasteiger partial charge is 0.431 e. The van der Waals surface area contributed by atoms with Crippen molar-refractivity contribution in [2.45, 2.75) is 37.5 Å². The van der Waals surface area contributed by atoms with Gasteiger partial charge in [0.2, 0.25) is 5.91 Å². The zero-order chi connectivity index (χ0) is 18.7. The maximum Gasteiger partial charge on any atom is 0.257 e. The molecule has 1 amide bonds. The third kappa shape index (κ3) is 4.72. The van der Waals surface area contributed by atoms with Crippen molar-refractivity contribution >= 4 is 50.2 Å². The number of nitrogens with zero attached hydrogens (tertiary/aromatic N) is 2. The molecule has 0 bridgehead atoms. The summed E-state index contributed by atoms with van der Waals surface area (Å²) in [6.45, 7) is 2.63. The summed E-state index contributed by atoms with van der Waals surface area (Å²) in [7, 11) is -3.03. The van der Waals surface area contributed by atoms with Crippen molar-refractivity contribution in [3.8, 4) is 0 Å². The molecule has 2 aromatic rings. The van der Waals surface area contributed by atoms with Crippen molar-refractivity contribution in [3.05, 3.63) is 23.2 Å². The number of oxazole rings is 1. The van der Waals surface area contributed by atoms with Crippen molar-refractivity contribution in [1.82, 2.24) is 9.88 Å². The summed E-state index contributed by atoms with van der Waals surface area (Å²) >= 11 is 7.16. The summed E-state index contributed by atoms with van der Waals surface area (Å²) in [5.74, 6) is 0.313. The minimum absolute atomic E-state index is 0.0640. The summed E-state index contributed by atoms with van der Waals surface area (Å²) in [6.07, 6.45) is 2.32. The molecule has 1 atom stereocenters. The van der Waals surface area contributed by atoms with E-state index in [1.54, 1.807) is 23.1 Å². The second-order valence-electron chi connectivity index (χ2n) is 6.38. The second kappa shape index (κ2) is 8.19. The number of sulfone groups is 1. The van der Waals surface area contributed by atoms with Crippen molar-refractivity contribution in [1.29, 1.82) is 0 Å². The zero-order valence-electron chi connectivity index (χ0n) is 14.5. The molecular formula is C17H21ClN2O4S2. The number of benzene rings is 1. The number of fused-ring (bicyclic) bond motifs is 1. The third-order valence-electron chi connectivity index (χ3n) is 4.37. The van der Waals surface area contributed by atoms with E-state index in [4.69, 9.17) is 16.0 Å². The predicted molar refractivity (Wildman–Crippen MR) is 103 cm³/mol. The first-order valence-corrected chi connectivity index (χ1v) is 11.8. The highest BCUT2D eigenvalue weighted by Crippen LogP contribution is 2.27. The number of carbonyl (C=O) groups is 1. The molecule has 1 saturated heterocycles. The molecule has 0 saturated carbocycles. The van der Waals surface area contributed by atoms with Crippen LogP contribution in [0.2, 0.25) is 5.02 Å². The molecule has 6 nitrogen and oxygen atoms in total. The van der Waals surface area contributed by atoms with Crippen LogP contribution in [-0.2, 0) is 14.6 Å². The van der Waals surface area contributed by atoms with Gasteiger partial charge in [-0.15, -0.1) is 0 Å². The predicted octanol–water partition coefficient (Wildman–Crippen LogP) is 3.39. The number of carbonyl (C=O) groups excluding carboxylic acids is 1. The number of aromatic nitrogens is 1. The second-order valence-corrected chi connectivity index (χ2v) is 9.97. The highest BCUT2D eigenvalue weighted by Gasteiger charge is 2.34. The van der Waals surface area contributed by atoms with E-state index in [0.717, 1.165) is 12.8 Å². The Labute approximate surface area is 162 Å². The number of rotatable bonds is 7. The molecule has 9 heteroatoms. The molecule has 1 aliphatic heterocycles. The number of amides is 1. The first kappa shape index (κ1) is 19.5. The number of thioether (sulfide) groups is 1. The van der Waals surface area contributed by atoms with Crippen LogP contribution >= 0.6 is 23.4 Å². The Morgan fingerprint density at radius 2 is 2.27 bits per heavy atom. The Morgan fingerprint density at radius 1 is 1.46 bits per heavy atom. The minimum Gasteiger partial charge on any atom is -0.431 e. The highest BCUT2D eigenvalue weighted by molar-refractivity contribution is 7.99. The molecule has 1 unspecified atom stereocenters. The fourth-order valence-corrected chi connectivity index (χ4v) is 5.62. The number of hydrogen-bond donors (Lipinski definition) is 0.